The molecule has 3 nitrogen and oxygen atoms in total. The summed E-state index contributed by atoms with van der Waals surface area (Å²) in [5.74, 6) is 6.75. The van der Waals surface area contributed by atoms with E-state index < -0.39 is 11.6 Å². The first-order chi connectivity index (χ1) is 14.6. The van der Waals surface area contributed by atoms with Gasteiger partial charge in [-0.15, -0.1) is 0 Å². The van der Waals surface area contributed by atoms with E-state index >= 15 is 0 Å². The zero-order valence-corrected chi connectivity index (χ0v) is 19.5. The average molecular weight is 440 g/mol. The molecular formula is C26H28FO3S+. The van der Waals surface area contributed by atoms with Gasteiger partial charge >= 0.3 is 5.97 Å². The summed E-state index contributed by atoms with van der Waals surface area (Å²) >= 11 is 0. The lowest BCUT2D eigenvalue weighted by molar-refractivity contribution is -0.154. The molecule has 0 saturated carbocycles. The molecule has 31 heavy (non-hydrogen) atoms. The van der Waals surface area contributed by atoms with Gasteiger partial charge in [0.25, 0.3) is 0 Å². The summed E-state index contributed by atoms with van der Waals surface area (Å²) in [4.78, 5) is 15.1. The molecule has 5 heteroatoms. The van der Waals surface area contributed by atoms with E-state index in [0.29, 0.717) is 11.3 Å². The van der Waals surface area contributed by atoms with Gasteiger partial charge in [0.2, 0.25) is 0 Å². The zero-order valence-electron chi connectivity index (χ0n) is 18.7. The standard InChI is InChI=1S/C26H28FO3S/c1-18-14-23(31-13-7-8-20(31)3)15-19(2)25(18)29-17-24(28)30-26(4,5)12-11-21-9-6-10-22(27)16-21/h6,8-10,14-16H,7,13,17H2,1-5H3/q+1. The number of carbonyl (C=O) groups is 1. The molecule has 0 bridgehead atoms. The monoisotopic (exact) mass is 439 g/mol. The Kier molecular flexibility index (Phi) is 7.12. The van der Waals surface area contributed by atoms with Gasteiger partial charge in [0.15, 0.2) is 17.1 Å². The summed E-state index contributed by atoms with van der Waals surface area (Å²) in [6.45, 7) is 9.40. The largest absolute Gasteiger partial charge is 0.481 e. The van der Waals surface area contributed by atoms with Crippen LogP contribution in [-0.4, -0.2) is 23.9 Å². The van der Waals surface area contributed by atoms with E-state index in [2.05, 4.69) is 37.0 Å². The molecule has 0 saturated heterocycles. The van der Waals surface area contributed by atoms with E-state index in [1.807, 2.05) is 13.8 Å². The summed E-state index contributed by atoms with van der Waals surface area (Å²) < 4.78 is 24.6. The first-order valence-electron chi connectivity index (χ1n) is 10.3. The average Bonchev–Trinajstić information content (AvgIpc) is 3.11. The molecule has 0 spiro atoms. The van der Waals surface area contributed by atoms with Crippen LogP contribution in [0, 0.1) is 31.5 Å². The Balaban J connectivity index is 1.62. The number of aryl methyl sites for hydroxylation is 2. The van der Waals surface area contributed by atoms with Gasteiger partial charge in [-0.1, -0.05) is 17.9 Å². The third kappa shape index (κ3) is 6.15. The normalized spacial score (nSPS) is 15.7. The van der Waals surface area contributed by atoms with Gasteiger partial charge in [-0.25, -0.2) is 9.18 Å². The highest BCUT2D eigenvalue weighted by Crippen LogP contribution is 2.33. The van der Waals surface area contributed by atoms with Crippen molar-refractivity contribution in [3.05, 3.63) is 69.9 Å². The maximum absolute atomic E-state index is 13.3. The van der Waals surface area contributed by atoms with Crippen molar-refractivity contribution in [2.24, 2.45) is 0 Å². The zero-order chi connectivity index (χ0) is 22.6. The van der Waals surface area contributed by atoms with Crippen LogP contribution in [0.4, 0.5) is 4.39 Å². The fourth-order valence-electron chi connectivity index (χ4n) is 3.49. The molecule has 0 fully saturated rings. The highest BCUT2D eigenvalue weighted by atomic mass is 32.2. The second-order valence-corrected chi connectivity index (χ2v) is 10.4. The minimum absolute atomic E-state index is 0.165. The first-order valence-corrected chi connectivity index (χ1v) is 11.7. The second kappa shape index (κ2) is 9.62. The number of esters is 1. The Morgan fingerprint density at radius 1 is 1.16 bits per heavy atom. The summed E-state index contributed by atoms with van der Waals surface area (Å²) in [7, 11) is 0.165. The van der Waals surface area contributed by atoms with Crippen molar-refractivity contribution in [2.75, 3.05) is 12.4 Å². The Morgan fingerprint density at radius 2 is 1.87 bits per heavy atom. The lowest BCUT2D eigenvalue weighted by Crippen LogP contribution is -2.29. The topological polar surface area (TPSA) is 35.5 Å². The SMILES string of the molecule is CC1=CCC[S+]1c1cc(C)c(OCC(=O)OC(C)(C)C#Cc2cccc(F)c2)c(C)c1. The van der Waals surface area contributed by atoms with Crippen LogP contribution >= 0.6 is 0 Å². The minimum atomic E-state index is -1.02. The van der Waals surface area contributed by atoms with E-state index in [4.69, 9.17) is 9.47 Å². The van der Waals surface area contributed by atoms with Crippen LogP contribution in [0.1, 0.15) is 43.9 Å². The van der Waals surface area contributed by atoms with E-state index in [0.717, 1.165) is 17.5 Å². The van der Waals surface area contributed by atoms with Crippen molar-refractivity contribution in [3.63, 3.8) is 0 Å². The molecule has 2 aromatic rings. The molecule has 0 radical (unpaired) electrons. The fraction of sp³-hybridized carbons (Fsp3) is 0.346. The molecule has 2 aromatic carbocycles. The Hall–Kier alpha value is -2.71. The lowest BCUT2D eigenvalue weighted by Gasteiger charge is -2.19. The van der Waals surface area contributed by atoms with Crippen LogP contribution in [0.5, 0.6) is 5.75 Å². The molecule has 162 valence electrons. The van der Waals surface area contributed by atoms with Gasteiger partial charge in [0.1, 0.15) is 22.2 Å². The Labute approximate surface area is 187 Å². The molecule has 1 heterocycles. The summed E-state index contributed by atoms with van der Waals surface area (Å²) in [5, 5.41) is 0. The minimum Gasteiger partial charge on any atom is -0.481 e. The highest BCUT2D eigenvalue weighted by Gasteiger charge is 2.30. The number of hydrogen-bond acceptors (Lipinski definition) is 3. The van der Waals surface area contributed by atoms with E-state index in [-0.39, 0.29) is 23.3 Å². The van der Waals surface area contributed by atoms with Crippen LogP contribution in [0.25, 0.3) is 0 Å². The Morgan fingerprint density at radius 3 is 2.48 bits per heavy atom. The van der Waals surface area contributed by atoms with Crippen LogP contribution in [0.2, 0.25) is 0 Å². The van der Waals surface area contributed by atoms with Crippen molar-refractivity contribution >= 4 is 16.9 Å². The number of benzene rings is 2. The number of hydrogen-bond donors (Lipinski definition) is 0. The van der Waals surface area contributed by atoms with Crippen LogP contribution in [0.3, 0.4) is 0 Å². The van der Waals surface area contributed by atoms with Crippen molar-refractivity contribution in [2.45, 2.75) is 51.5 Å². The van der Waals surface area contributed by atoms with Crippen molar-refractivity contribution < 1.29 is 18.7 Å². The van der Waals surface area contributed by atoms with Gasteiger partial charge in [-0.05, 0) is 63.1 Å². The predicted molar refractivity (Wildman–Crippen MR) is 124 cm³/mol. The molecule has 1 unspecified atom stereocenters. The quantitative estimate of drug-likeness (QED) is 0.352. The van der Waals surface area contributed by atoms with Crippen molar-refractivity contribution in [1.82, 2.24) is 0 Å². The summed E-state index contributed by atoms with van der Waals surface area (Å²) in [6, 6.07) is 10.3. The van der Waals surface area contributed by atoms with Gasteiger partial charge < -0.3 is 9.47 Å². The van der Waals surface area contributed by atoms with Crippen LogP contribution < -0.4 is 4.74 Å². The number of halogens is 1. The second-order valence-electron chi connectivity index (χ2n) is 8.12. The first kappa shape index (κ1) is 23.0. The lowest BCUT2D eigenvalue weighted by atomic mass is 10.1. The van der Waals surface area contributed by atoms with Gasteiger partial charge in [-0.3, -0.25) is 0 Å². The van der Waals surface area contributed by atoms with Gasteiger partial charge in [-0.2, -0.15) is 0 Å². The molecule has 0 aromatic heterocycles. The van der Waals surface area contributed by atoms with Gasteiger partial charge in [0, 0.05) is 31.0 Å². The fourth-order valence-corrected chi connectivity index (χ4v) is 5.73. The molecule has 0 aliphatic carbocycles. The molecule has 1 aliphatic heterocycles. The van der Waals surface area contributed by atoms with E-state index in [9.17, 15) is 9.18 Å². The number of ether oxygens (including phenoxy) is 2. The summed E-state index contributed by atoms with van der Waals surface area (Å²) in [5.41, 5.74) is 1.54. The predicted octanol–water partition coefficient (Wildman–Crippen LogP) is 5.48. The number of rotatable bonds is 5. The maximum Gasteiger partial charge on any atom is 0.345 e. The third-order valence-corrected chi connectivity index (χ3v) is 7.29. The molecule has 1 aliphatic rings. The van der Waals surface area contributed by atoms with Crippen LogP contribution in [-0.2, 0) is 20.4 Å². The molecule has 3 rings (SSSR count). The van der Waals surface area contributed by atoms with Crippen molar-refractivity contribution in [1.29, 1.82) is 0 Å². The van der Waals surface area contributed by atoms with Crippen LogP contribution in [0.15, 0.2) is 52.3 Å². The smallest absolute Gasteiger partial charge is 0.345 e. The van der Waals surface area contributed by atoms with Gasteiger partial charge in [0.05, 0.1) is 10.9 Å². The Bertz CT molecular complexity index is 1050. The third-order valence-electron chi connectivity index (χ3n) is 4.90. The number of carbonyl (C=O) groups excluding carboxylic acids is 1. The van der Waals surface area contributed by atoms with E-state index in [1.54, 1.807) is 26.0 Å². The molecule has 0 amide bonds. The molecule has 1 atom stereocenters. The summed E-state index contributed by atoms with van der Waals surface area (Å²) in [6.07, 6.45) is 3.45. The highest BCUT2D eigenvalue weighted by molar-refractivity contribution is 8.00. The number of allylic oxidation sites excluding steroid dienone is 2. The maximum atomic E-state index is 13.3. The van der Waals surface area contributed by atoms with Crippen molar-refractivity contribution in [3.8, 4) is 17.6 Å². The van der Waals surface area contributed by atoms with E-state index in [1.165, 1.54) is 27.7 Å². The molecule has 0 N–H and O–H groups in total. The molecular weight excluding hydrogens is 411 g/mol.